The van der Waals surface area contributed by atoms with Gasteiger partial charge in [0.2, 0.25) is 0 Å². The molecule has 25 heavy (non-hydrogen) atoms. The summed E-state index contributed by atoms with van der Waals surface area (Å²) in [7, 11) is 0. The SMILES string of the molecule is CC(C)(C)c1ccccc1Nc1ccc(NC(=O)c2ccco2)cc1. The zero-order valence-corrected chi connectivity index (χ0v) is 14.7. The second-order valence-corrected chi connectivity index (χ2v) is 6.93. The Morgan fingerprint density at radius 2 is 1.56 bits per heavy atom. The highest BCUT2D eigenvalue weighted by Gasteiger charge is 2.17. The van der Waals surface area contributed by atoms with Crippen LogP contribution in [0.5, 0.6) is 0 Å². The quantitative estimate of drug-likeness (QED) is 0.655. The molecule has 0 atom stereocenters. The third-order valence-corrected chi connectivity index (χ3v) is 3.90. The van der Waals surface area contributed by atoms with Gasteiger partial charge in [-0.15, -0.1) is 0 Å². The van der Waals surface area contributed by atoms with Gasteiger partial charge < -0.3 is 15.1 Å². The van der Waals surface area contributed by atoms with E-state index in [0.29, 0.717) is 5.76 Å². The lowest BCUT2D eigenvalue weighted by molar-refractivity contribution is 0.0996. The fourth-order valence-electron chi connectivity index (χ4n) is 2.64. The number of carbonyl (C=O) groups is 1. The number of carbonyl (C=O) groups excluding carboxylic acids is 1. The van der Waals surface area contributed by atoms with Crippen molar-refractivity contribution in [2.45, 2.75) is 26.2 Å². The fourth-order valence-corrected chi connectivity index (χ4v) is 2.64. The van der Waals surface area contributed by atoms with Gasteiger partial charge in [0.25, 0.3) is 5.91 Å². The minimum Gasteiger partial charge on any atom is -0.459 e. The Morgan fingerprint density at radius 1 is 0.880 bits per heavy atom. The molecule has 0 saturated carbocycles. The zero-order chi connectivity index (χ0) is 17.9. The molecule has 0 fully saturated rings. The van der Waals surface area contributed by atoms with E-state index < -0.39 is 0 Å². The standard InChI is InChI=1S/C21H22N2O2/c1-21(2,3)17-7-4-5-8-18(17)22-15-10-12-16(13-11-15)23-20(24)19-9-6-14-25-19/h4-14,22H,1-3H3,(H,23,24). The number of furan rings is 1. The molecule has 0 saturated heterocycles. The maximum Gasteiger partial charge on any atom is 0.291 e. The van der Waals surface area contributed by atoms with E-state index in [1.54, 1.807) is 12.1 Å². The van der Waals surface area contributed by atoms with E-state index in [2.05, 4.69) is 49.6 Å². The average Bonchev–Trinajstić information content (AvgIpc) is 3.11. The molecule has 1 heterocycles. The van der Waals surface area contributed by atoms with E-state index in [9.17, 15) is 4.79 Å². The summed E-state index contributed by atoms with van der Waals surface area (Å²) in [5, 5.41) is 6.27. The molecule has 0 aliphatic heterocycles. The zero-order valence-electron chi connectivity index (χ0n) is 14.7. The minimum absolute atomic E-state index is 0.0561. The first-order valence-electron chi connectivity index (χ1n) is 8.25. The summed E-state index contributed by atoms with van der Waals surface area (Å²) in [5.74, 6) is 0.0325. The van der Waals surface area contributed by atoms with Crippen LogP contribution in [0.25, 0.3) is 0 Å². The number of anilines is 3. The van der Waals surface area contributed by atoms with Gasteiger partial charge in [-0.3, -0.25) is 4.79 Å². The van der Waals surface area contributed by atoms with Gasteiger partial charge in [0, 0.05) is 17.1 Å². The molecule has 0 radical (unpaired) electrons. The van der Waals surface area contributed by atoms with Crippen molar-refractivity contribution in [2.75, 3.05) is 10.6 Å². The van der Waals surface area contributed by atoms with Crippen molar-refractivity contribution in [1.82, 2.24) is 0 Å². The Morgan fingerprint density at radius 3 is 2.20 bits per heavy atom. The highest BCUT2D eigenvalue weighted by atomic mass is 16.3. The van der Waals surface area contributed by atoms with Crippen LogP contribution in [0.2, 0.25) is 0 Å². The van der Waals surface area contributed by atoms with Crippen LogP contribution in [-0.2, 0) is 5.41 Å². The number of nitrogens with one attached hydrogen (secondary N) is 2. The van der Waals surface area contributed by atoms with E-state index in [1.165, 1.54) is 11.8 Å². The van der Waals surface area contributed by atoms with Gasteiger partial charge in [-0.05, 0) is 53.4 Å². The topological polar surface area (TPSA) is 54.3 Å². The van der Waals surface area contributed by atoms with E-state index in [4.69, 9.17) is 4.42 Å². The van der Waals surface area contributed by atoms with E-state index in [0.717, 1.165) is 17.1 Å². The normalized spacial score (nSPS) is 11.2. The second-order valence-electron chi connectivity index (χ2n) is 6.93. The average molecular weight is 334 g/mol. The molecule has 0 spiro atoms. The lowest BCUT2D eigenvalue weighted by Crippen LogP contribution is -2.13. The molecule has 4 heteroatoms. The van der Waals surface area contributed by atoms with Crippen LogP contribution in [0.15, 0.2) is 71.3 Å². The molecule has 1 aromatic heterocycles. The highest BCUT2D eigenvalue weighted by Crippen LogP contribution is 2.31. The molecule has 1 amide bonds. The highest BCUT2D eigenvalue weighted by molar-refractivity contribution is 6.02. The summed E-state index contributed by atoms with van der Waals surface area (Å²) in [6.45, 7) is 6.59. The summed E-state index contributed by atoms with van der Waals surface area (Å²) < 4.78 is 5.09. The predicted octanol–water partition coefficient (Wildman–Crippen LogP) is 5.57. The minimum atomic E-state index is -0.260. The molecule has 0 aliphatic carbocycles. The van der Waals surface area contributed by atoms with Crippen LogP contribution in [0, 0.1) is 0 Å². The summed E-state index contributed by atoms with van der Waals surface area (Å²) in [5.41, 5.74) is 4.08. The van der Waals surface area contributed by atoms with Crippen LogP contribution in [0.1, 0.15) is 36.9 Å². The van der Waals surface area contributed by atoms with Crippen molar-refractivity contribution in [2.24, 2.45) is 0 Å². The van der Waals surface area contributed by atoms with Crippen LogP contribution < -0.4 is 10.6 Å². The number of benzene rings is 2. The van der Waals surface area contributed by atoms with Crippen LogP contribution in [0.4, 0.5) is 17.1 Å². The molecule has 3 aromatic rings. The van der Waals surface area contributed by atoms with Crippen LogP contribution in [-0.4, -0.2) is 5.91 Å². The van der Waals surface area contributed by atoms with E-state index in [1.807, 2.05) is 30.3 Å². The number of amides is 1. The summed E-state index contributed by atoms with van der Waals surface area (Å²) in [4.78, 5) is 12.0. The Hall–Kier alpha value is -3.01. The van der Waals surface area contributed by atoms with Crippen LogP contribution >= 0.6 is 0 Å². The largest absolute Gasteiger partial charge is 0.459 e. The number of hydrogen-bond acceptors (Lipinski definition) is 3. The molecule has 4 nitrogen and oxygen atoms in total. The van der Waals surface area contributed by atoms with Crippen molar-refractivity contribution < 1.29 is 9.21 Å². The molecule has 0 bridgehead atoms. The second kappa shape index (κ2) is 6.85. The molecule has 2 N–H and O–H groups in total. The maximum absolute atomic E-state index is 12.0. The van der Waals surface area contributed by atoms with Gasteiger partial charge >= 0.3 is 0 Å². The first-order chi connectivity index (χ1) is 11.9. The lowest BCUT2D eigenvalue weighted by atomic mass is 9.86. The van der Waals surface area contributed by atoms with Crippen molar-refractivity contribution in [3.05, 3.63) is 78.3 Å². The van der Waals surface area contributed by atoms with Crippen molar-refractivity contribution in [3.63, 3.8) is 0 Å². The maximum atomic E-state index is 12.0. The van der Waals surface area contributed by atoms with Gasteiger partial charge in [0.15, 0.2) is 5.76 Å². The molecular formula is C21H22N2O2. The van der Waals surface area contributed by atoms with Crippen molar-refractivity contribution >= 4 is 23.0 Å². The molecule has 3 rings (SSSR count). The Bertz CT molecular complexity index is 844. The summed E-state index contributed by atoms with van der Waals surface area (Å²) >= 11 is 0. The molecular weight excluding hydrogens is 312 g/mol. The summed E-state index contributed by atoms with van der Waals surface area (Å²) in [6.07, 6.45) is 1.48. The fraction of sp³-hybridized carbons (Fsp3) is 0.190. The smallest absolute Gasteiger partial charge is 0.291 e. The molecule has 0 unspecified atom stereocenters. The predicted molar refractivity (Wildman–Crippen MR) is 102 cm³/mol. The summed E-state index contributed by atoms with van der Waals surface area (Å²) in [6, 6.07) is 19.2. The first-order valence-corrected chi connectivity index (χ1v) is 8.25. The lowest BCUT2D eigenvalue weighted by Gasteiger charge is -2.23. The van der Waals surface area contributed by atoms with Gasteiger partial charge in [-0.1, -0.05) is 39.0 Å². The van der Waals surface area contributed by atoms with Gasteiger partial charge in [-0.25, -0.2) is 0 Å². The Kier molecular flexibility index (Phi) is 4.61. The molecule has 0 aliphatic rings. The Balaban J connectivity index is 1.73. The number of para-hydroxylation sites is 1. The Labute approximate surface area is 147 Å². The monoisotopic (exact) mass is 334 g/mol. The van der Waals surface area contributed by atoms with Gasteiger partial charge in [0.1, 0.15) is 0 Å². The van der Waals surface area contributed by atoms with Crippen LogP contribution in [0.3, 0.4) is 0 Å². The number of rotatable bonds is 4. The number of hydrogen-bond donors (Lipinski definition) is 2. The molecule has 2 aromatic carbocycles. The van der Waals surface area contributed by atoms with Crippen molar-refractivity contribution in [3.8, 4) is 0 Å². The van der Waals surface area contributed by atoms with Gasteiger partial charge in [0.05, 0.1) is 6.26 Å². The van der Waals surface area contributed by atoms with E-state index in [-0.39, 0.29) is 11.3 Å². The third-order valence-electron chi connectivity index (χ3n) is 3.90. The third kappa shape index (κ3) is 4.10. The first kappa shape index (κ1) is 16.8. The van der Waals surface area contributed by atoms with E-state index >= 15 is 0 Å². The van der Waals surface area contributed by atoms with Gasteiger partial charge in [-0.2, -0.15) is 0 Å². The van der Waals surface area contributed by atoms with Crippen molar-refractivity contribution in [1.29, 1.82) is 0 Å². The molecule has 128 valence electrons.